The number of nitrogens with one attached hydrogen (secondary N) is 1. The number of aromatic amines is 1. The van der Waals surface area contributed by atoms with Gasteiger partial charge in [-0.2, -0.15) is 5.10 Å². The number of H-pyrrole nitrogens is 1. The minimum atomic E-state index is -2.63. The second-order valence-electron chi connectivity index (χ2n) is 8.57. The van der Waals surface area contributed by atoms with Crippen molar-refractivity contribution in [1.82, 2.24) is 29.7 Å². The van der Waals surface area contributed by atoms with Crippen LogP contribution >= 0.6 is 11.6 Å². The minimum absolute atomic E-state index is 0.117. The van der Waals surface area contributed by atoms with E-state index in [2.05, 4.69) is 25.0 Å². The number of hydrogen-bond acceptors (Lipinski definition) is 5. The summed E-state index contributed by atoms with van der Waals surface area (Å²) in [6.07, 6.45) is 5.05. The molecule has 10 heteroatoms. The molecule has 2 aromatic carbocycles. The van der Waals surface area contributed by atoms with E-state index in [-0.39, 0.29) is 18.9 Å². The number of nitrogens with zero attached hydrogens (tertiary/aromatic N) is 5. The molecule has 1 aliphatic carbocycles. The molecule has 3 heterocycles. The molecule has 1 N–H and O–H groups in total. The maximum atomic E-state index is 13.6. The SMILES string of the molecule is Cc1nc2ccc(Oc3ccc4ncc(-c5cnn(C6CCC(F)(F)C6)c5)nc4c3Cl)cc2[nH]1. The molecule has 6 rings (SSSR count). The summed E-state index contributed by atoms with van der Waals surface area (Å²) in [7, 11) is 0. The van der Waals surface area contributed by atoms with Gasteiger partial charge < -0.3 is 9.72 Å². The van der Waals surface area contributed by atoms with Crippen molar-refractivity contribution in [2.45, 2.75) is 38.2 Å². The second kappa shape index (κ2) is 7.73. The smallest absolute Gasteiger partial charge is 0.250 e. The van der Waals surface area contributed by atoms with Crippen LogP contribution in [-0.4, -0.2) is 35.6 Å². The molecule has 1 fully saturated rings. The number of benzene rings is 2. The molecule has 5 aromatic rings. The Hall–Kier alpha value is -3.59. The Bertz CT molecular complexity index is 1550. The number of rotatable bonds is 4. The van der Waals surface area contributed by atoms with Gasteiger partial charge in [0.05, 0.1) is 40.7 Å². The van der Waals surface area contributed by atoms with Crippen LogP contribution in [-0.2, 0) is 0 Å². The Morgan fingerprint density at radius 1 is 1.15 bits per heavy atom. The number of hydrogen-bond donors (Lipinski definition) is 1. The number of aryl methyl sites for hydroxylation is 1. The van der Waals surface area contributed by atoms with E-state index in [1.165, 1.54) is 0 Å². The molecule has 0 saturated heterocycles. The first-order valence-electron chi connectivity index (χ1n) is 10.9. The van der Waals surface area contributed by atoms with Crippen LogP contribution in [0.15, 0.2) is 48.9 Å². The molecule has 0 aliphatic heterocycles. The number of imidazole rings is 1. The van der Waals surface area contributed by atoms with Gasteiger partial charge in [0.15, 0.2) is 0 Å². The lowest BCUT2D eigenvalue weighted by Gasteiger charge is -2.11. The molecular weight excluding hydrogens is 462 g/mol. The van der Waals surface area contributed by atoms with Gasteiger partial charge in [-0.15, -0.1) is 0 Å². The van der Waals surface area contributed by atoms with Crippen LogP contribution in [0.25, 0.3) is 33.3 Å². The topological polar surface area (TPSA) is 81.5 Å². The summed E-state index contributed by atoms with van der Waals surface area (Å²) in [6, 6.07) is 8.77. The summed E-state index contributed by atoms with van der Waals surface area (Å²) >= 11 is 6.66. The maximum Gasteiger partial charge on any atom is 0.250 e. The summed E-state index contributed by atoms with van der Waals surface area (Å²) in [5.74, 6) is -0.760. The Balaban J connectivity index is 1.31. The van der Waals surface area contributed by atoms with Crippen molar-refractivity contribution >= 4 is 33.7 Å². The Morgan fingerprint density at radius 3 is 2.82 bits per heavy atom. The van der Waals surface area contributed by atoms with Gasteiger partial charge in [-0.3, -0.25) is 9.67 Å². The second-order valence-corrected chi connectivity index (χ2v) is 8.94. The first kappa shape index (κ1) is 21.0. The molecule has 1 atom stereocenters. The normalized spacial score (nSPS) is 17.6. The molecule has 1 unspecified atom stereocenters. The van der Waals surface area contributed by atoms with E-state index < -0.39 is 5.92 Å². The predicted molar refractivity (Wildman–Crippen MR) is 125 cm³/mol. The standard InChI is InChI=1S/C24H19ClF2N6O/c1-13-30-17-3-2-16(8-19(17)31-13)34-21-5-4-18-23(22(21)25)32-20(11-28-18)14-10-29-33(12-14)15-6-7-24(26,27)9-15/h2-5,8,10-12,15H,6-7,9H2,1H3,(H,30,31). The van der Waals surface area contributed by atoms with E-state index in [0.29, 0.717) is 45.2 Å². The van der Waals surface area contributed by atoms with Gasteiger partial charge in [0.25, 0.3) is 0 Å². The third-order valence-corrected chi connectivity index (χ3v) is 6.43. The molecule has 0 radical (unpaired) electrons. The predicted octanol–water partition coefficient (Wildman–Crippen LogP) is 6.48. The average Bonchev–Trinajstić information content (AvgIpc) is 3.52. The number of fused-ring (bicyclic) bond motifs is 2. The van der Waals surface area contributed by atoms with Gasteiger partial charge >= 0.3 is 0 Å². The Labute approximate surface area is 197 Å². The monoisotopic (exact) mass is 480 g/mol. The van der Waals surface area contributed by atoms with Crippen LogP contribution in [0, 0.1) is 6.92 Å². The highest BCUT2D eigenvalue weighted by Gasteiger charge is 2.40. The van der Waals surface area contributed by atoms with E-state index in [9.17, 15) is 8.78 Å². The fourth-order valence-electron chi connectivity index (χ4n) is 4.37. The molecule has 34 heavy (non-hydrogen) atoms. The highest BCUT2D eigenvalue weighted by atomic mass is 35.5. The lowest BCUT2D eigenvalue weighted by molar-refractivity contribution is 0.00518. The molecular formula is C24H19ClF2N6O. The van der Waals surface area contributed by atoms with Gasteiger partial charge in [0, 0.05) is 30.7 Å². The zero-order chi connectivity index (χ0) is 23.4. The Kier molecular flexibility index (Phi) is 4.77. The van der Waals surface area contributed by atoms with Crippen LogP contribution in [0.5, 0.6) is 11.5 Å². The van der Waals surface area contributed by atoms with E-state index in [1.54, 1.807) is 35.4 Å². The van der Waals surface area contributed by atoms with E-state index in [0.717, 1.165) is 16.9 Å². The van der Waals surface area contributed by atoms with Crippen LogP contribution in [0.2, 0.25) is 5.02 Å². The maximum absolute atomic E-state index is 13.6. The van der Waals surface area contributed by atoms with Crippen molar-refractivity contribution in [1.29, 1.82) is 0 Å². The first-order valence-corrected chi connectivity index (χ1v) is 11.2. The van der Waals surface area contributed by atoms with Crippen molar-refractivity contribution in [3.8, 4) is 22.8 Å². The van der Waals surface area contributed by atoms with Gasteiger partial charge in [-0.1, -0.05) is 11.6 Å². The van der Waals surface area contributed by atoms with Crippen LogP contribution in [0.4, 0.5) is 8.78 Å². The zero-order valence-electron chi connectivity index (χ0n) is 18.1. The third-order valence-electron chi connectivity index (χ3n) is 6.07. The number of halogens is 3. The molecule has 7 nitrogen and oxygen atoms in total. The van der Waals surface area contributed by atoms with E-state index >= 15 is 0 Å². The van der Waals surface area contributed by atoms with Gasteiger partial charge in [-0.05, 0) is 37.6 Å². The van der Waals surface area contributed by atoms with Crippen molar-refractivity contribution in [3.05, 3.63) is 59.8 Å². The van der Waals surface area contributed by atoms with Gasteiger partial charge in [-0.25, -0.2) is 18.7 Å². The van der Waals surface area contributed by atoms with Crippen LogP contribution < -0.4 is 4.74 Å². The van der Waals surface area contributed by atoms with E-state index in [1.807, 2.05) is 25.1 Å². The molecule has 3 aromatic heterocycles. The zero-order valence-corrected chi connectivity index (χ0v) is 18.9. The number of alkyl halides is 2. The van der Waals surface area contributed by atoms with Gasteiger partial charge in [0.1, 0.15) is 27.9 Å². The number of aromatic nitrogens is 6. The Morgan fingerprint density at radius 2 is 2.00 bits per heavy atom. The largest absolute Gasteiger partial charge is 0.456 e. The third kappa shape index (κ3) is 3.75. The first-order chi connectivity index (χ1) is 16.3. The molecule has 0 amide bonds. The molecule has 1 saturated carbocycles. The highest BCUT2D eigenvalue weighted by molar-refractivity contribution is 6.36. The highest BCUT2D eigenvalue weighted by Crippen LogP contribution is 2.41. The van der Waals surface area contributed by atoms with Crippen LogP contribution in [0.1, 0.15) is 31.1 Å². The number of ether oxygens (including phenoxy) is 1. The van der Waals surface area contributed by atoms with Gasteiger partial charge in [0.2, 0.25) is 5.92 Å². The molecule has 0 spiro atoms. The molecule has 1 aliphatic rings. The fourth-order valence-corrected chi connectivity index (χ4v) is 4.61. The molecule has 172 valence electrons. The lowest BCUT2D eigenvalue weighted by atomic mass is 10.2. The van der Waals surface area contributed by atoms with Crippen molar-refractivity contribution in [2.75, 3.05) is 0 Å². The van der Waals surface area contributed by atoms with Crippen molar-refractivity contribution in [2.24, 2.45) is 0 Å². The minimum Gasteiger partial charge on any atom is -0.456 e. The quantitative estimate of drug-likeness (QED) is 0.318. The van der Waals surface area contributed by atoms with E-state index in [4.69, 9.17) is 16.3 Å². The summed E-state index contributed by atoms with van der Waals surface area (Å²) in [4.78, 5) is 16.7. The summed E-state index contributed by atoms with van der Waals surface area (Å²) in [5.41, 5.74) is 4.06. The average molecular weight is 481 g/mol. The van der Waals surface area contributed by atoms with Crippen LogP contribution in [0.3, 0.4) is 0 Å². The van der Waals surface area contributed by atoms with Crippen molar-refractivity contribution in [3.63, 3.8) is 0 Å². The lowest BCUT2D eigenvalue weighted by Crippen LogP contribution is -2.12. The summed E-state index contributed by atoms with van der Waals surface area (Å²) < 4.78 is 34.8. The van der Waals surface area contributed by atoms with Crippen molar-refractivity contribution < 1.29 is 13.5 Å². The molecule has 0 bridgehead atoms. The fraction of sp³-hybridized carbons (Fsp3) is 0.250. The summed E-state index contributed by atoms with van der Waals surface area (Å²) in [6.45, 7) is 1.89. The summed E-state index contributed by atoms with van der Waals surface area (Å²) in [5, 5.41) is 4.62.